The van der Waals surface area contributed by atoms with Crippen molar-refractivity contribution in [1.29, 1.82) is 0 Å². The Morgan fingerprint density at radius 2 is 1.82 bits per heavy atom. The third kappa shape index (κ3) is 4.92. The number of aromatic nitrogens is 3. The van der Waals surface area contributed by atoms with Gasteiger partial charge in [0, 0.05) is 11.2 Å². The lowest BCUT2D eigenvalue weighted by atomic mass is 10.1. The molecule has 1 N–H and O–H groups in total. The summed E-state index contributed by atoms with van der Waals surface area (Å²) in [6.45, 7) is 5.35. The maximum atomic E-state index is 13.7. The van der Waals surface area contributed by atoms with E-state index < -0.39 is 29.2 Å². The summed E-state index contributed by atoms with van der Waals surface area (Å²) in [5.41, 5.74) is 1.11. The monoisotopic (exact) mass is 449 g/mol. The zero-order chi connectivity index (χ0) is 23.6. The van der Waals surface area contributed by atoms with Gasteiger partial charge in [-0.05, 0) is 69.3 Å². The van der Waals surface area contributed by atoms with Crippen molar-refractivity contribution < 1.29 is 18.4 Å². The smallest absolute Gasteiger partial charge is 0.251 e. The van der Waals surface area contributed by atoms with Crippen LogP contribution >= 0.6 is 0 Å². The van der Waals surface area contributed by atoms with Gasteiger partial charge in [-0.2, -0.15) is 0 Å². The number of furan rings is 1. The molecule has 0 bridgehead atoms. The lowest BCUT2D eigenvalue weighted by Crippen LogP contribution is -2.50. The molecule has 8 nitrogen and oxygen atoms in total. The van der Waals surface area contributed by atoms with Gasteiger partial charge in [-0.25, -0.2) is 9.07 Å². The van der Waals surface area contributed by atoms with Crippen molar-refractivity contribution in [3.63, 3.8) is 0 Å². The second-order valence-electron chi connectivity index (χ2n) is 8.63. The maximum Gasteiger partial charge on any atom is 0.251 e. The maximum absolute atomic E-state index is 13.7. The number of nitrogens with zero attached hydrogens (tertiary/aromatic N) is 4. The quantitative estimate of drug-likeness (QED) is 0.483. The molecule has 0 aliphatic heterocycles. The van der Waals surface area contributed by atoms with Crippen LogP contribution in [0.15, 0.2) is 71.3 Å². The Balaban J connectivity index is 1.77. The fourth-order valence-corrected chi connectivity index (χ4v) is 3.54. The lowest BCUT2D eigenvalue weighted by Gasteiger charge is -2.32. The Morgan fingerprint density at radius 3 is 2.48 bits per heavy atom. The number of hydrogen-bond donors (Lipinski definition) is 1. The molecule has 170 valence electrons. The summed E-state index contributed by atoms with van der Waals surface area (Å²) in [6.07, 6.45) is 1.44. The van der Waals surface area contributed by atoms with Crippen molar-refractivity contribution in [1.82, 2.24) is 20.3 Å². The van der Waals surface area contributed by atoms with Crippen molar-refractivity contribution in [2.75, 3.05) is 4.90 Å². The molecular weight excluding hydrogens is 425 g/mol. The van der Waals surface area contributed by atoms with Crippen LogP contribution in [0.3, 0.4) is 0 Å². The molecule has 9 heteroatoms. The largest absolute Gasteiger partial charge is 0.467 e. The Hall–Kier alpha value is -4.01. The zero-order valence-electron chi connectivity index (χ0n) is 18.5. The van der Waals surface area contributed by atoms with Gasteiger partial charge < -0.3 is 9.73 Å². The summed E-state index contributed by atoms with van der Waals surface area (Å²) in [5.74, 6) is -1.05. The van der Waals surface area contributed by atoms with Crippen LogP contribution in [-0.2, 0) is 16.1 Å². The zero-order valence-corrected chi connectivity index (χ0v) is 18.5. The number of nitrogens with one attached hydrogen (secondary N) is 1. The van der Waals surface area contributed by atoms with E-state index in [1.807, 2.05) is 32.9 Å². The summed E-state index contributed by atoms with van der Waals surface area (Å²) in [4.78, 5) is 28.4. The fourth-order valence-electron chi connectivity index (χ4n) is 3.54. The van der Waals surface area contributed by atoms with E-state index in [4.69, 9.17) is 4.42 Å². The summed E-state index contributed by atoms with van der Waals surface area (Å²) in [5, 5.41) is 11.1. The first kappa shape index (κ1) is 22.2. The van der Waals surface area contributed by atoms with Crippen molar-refractivity contribution >= 4 is 28.5 Å². The molecule has 0 saturated carbocycles. The number of hydrogen-bond acceptors (Lipinski definition) is 5. The predicted molar refractivity (Wildman–Crippen MR) is 121 cm³/mol. The Kier molecular flexibility index (Phi) is 5.95. The molecule has 0 radical (unpaired) electrons. The van der Waals surface area contributed by atoms with Gasteiger partial charge in [0.25, 0.3) is 5.91 Å². The summed E-state index contributed by atoms with van der Waals surface area (Å²) >= 11 is 0. The number of rotatable bonds is 6. The topological polar surface area (TPSA) is 93.3 Å². The number of fused-ring (bicyclic) bond motifs is 1. The van der Waals surface area contributed by atoms with Crippen LogP contribution < -0.4 is 10.2 Å². The lowest BCUT2D eigenvalue weighted by molar-refractivity contribution is -0.128. The van der Waals surface area contributed by atoms with Crippen molar-refractivity contribution in [3.05, 3.63) is 78.5 Å². The Morgan fingerprint density at radius 1 is 1.09 bits per heavy atom. The van der Waals surface area contributed by atoms with Crippen LogP contribution in [0.4, 0.5) is 10.1 Å². The average molecular weight is 449 g/mol. The molecule has 2 heterocycles. The van der Waals surface area contributed by atoms with E-state index in [9.17, 15) is 14.0 Å². The highest BCUT2D eigenvalue weighted by Gasteiger charge is 2.36. The Bertz CT molecular complexity index is 1260. The average Bonchev–Trinajstić information content (AvgIpc) is 3.42. The second kappa shape index (κ2) is 8.85. The minimum atomic E-state index is -1.12. The van der Waals surface area contributed by atoms with Gasteiger partial charge in [0.05, 0.1) is 11.8 Å². The van der Waals surface area contributed by atoms with E-state index in [0.717, 1.165) is 0 Å². The van der Waals surface area contributed by atoms with Crippen molar-refractivity contribution in [2.45, 2.75) is 38.9 Å². The van der Waals surface area contributed by atoms with E-state index in [-0.39, 0.29) is 12.3 Å². The molecule has 0 spiro atoms. The van der Waals surface area contributed by atoms with Gasteiger partial charge >= 0.3 is 0 Å². The van der Waals surface area contributed by atoms with Gasteiger partial charge in [0.2, 0.25) is 5.91 Å². The summed E-state index contributed by atoms with van der Waals surface area (Å²) in [7, 11) is 0. The van der Waals surface area contributed by atoms with Crippen molar-refractivity contribution in [2.24, 2.45) is 0 Å². The summed E-state index contributed by atoms with van der Waals surface area (Å²) < 4.78 is 20.7. The first-order valence-electron chi connectivity index (χ1n) is 10.4. The highest BCUT2D eigenvalue weighted by Crippen LogP contribution is 2.30. The molecule has 1 atom stereocenters. The molecule has 0 unspecified atom stereocenters. The van der Waals surface area contributed by atoms with E-state index in [1.54, 1.807) is 24.3 Å². The van der Waals surface area contributed by atoms with Crippen LogP contribution in [0, 0.1) is 5.82 Å². The molecule has 0 fully saturated rings. The number of benzene rings is 2. The van der Waals surface area contributed by atoms with Gasteiger partial charge in [-0.15, -0.1) is 5.10 Å². The van der Waals surface area contributed by atoms with Crippen molar-refractivity contribution in [3.8, 4) is 0 Å². The minimum Gasteiger partial charge on any atom is -0.467 e. The van der Waals surface area contributed by atoms with Gasteiger partial charge in [0.1, 0.15) is 23.6 Å². The third-order valence-electron chi connectivity index (χ3n) is 4.90. The molecule has 0 aliphatic rings. The predicted octanol–water partition coefficient (Wildman–Crippen LogP) is 3.85. The van der Waals surface area contributed by atoms with Crippen LogP contribution in [0.5, 0.6) is 0 Å². The Labute approximate surface area is 190 Å². The molecule has 2 aromatic heterocycles. The normalized spacial score (nSPS) is 12.5. The fraction of sp³-hybridized carbons (Fsp3) is 0.250. The number of para-hydroxylation sites is 1. The number of carbonyl (C=O) groups is 2. The van der Waals surface area contributed by atoms with Gasteiger partial charge in [-0.1, -0.05) is 17.3 Å². The second-order valence-corrected chi connectivity index (χ2v) is 8.63. The number of amides is 2. The minimum absolute atomic E-state index is 0.183. The molecule has 4 rings (SSSR count). The SMILES string of the molecule is CC(C)(C)NC(=O)[C@H](c1ccco1)N(C(=O)Cn1nnc2ccccc21)c1ccc(F)cc1. The third-order valence-corrected chi connectivity index (χ3v) is 4.90. The molecule has 0 aliphatic carbocycles. The molecule has 0 saturated heterocycles. The molecule has 33 heavy (non-hydrogen) atoms. The van der Waals surface area contributed by atoms with Gasteiger partial charge in [0.15, 0.2) is 6.04 Å². The number of anilines is 1. The molecular formula is C24H24FN5O3. The standard InChI is InChI=1S/C24H24FN5O3/c1-24(2,3)26-23(32)22(20-9-6-14-33-20)30(17-12-10-16(25)11-13-17)21(31)15-29-19-8-5-4-7-18(19)27-28-29/h4-14,22H,15H2,1-3H3,(H,26,32)/t22-/m0/s1. The van der Waals surface area contributed by atoms with E-state index in [1.165, 1.54) is 40.1 Å². The summed E-state index contributed by atoms with van der Waals surface area (Å²) in [6, 6.07) is 14.8. The highest BCUT2D eigenvalue weighted by molar-refractivity contribution is 6.01. The first-order valence-corrected chi connectivity index (χ1v) is 10.4. The van der Waals surface area contributed by atoms with E-state index in [0.29, 0.717) is 16.7 Å². The number of carbonyl (C=O) groups excluding carboxylic acids is 2. The molecule has 4 aromatic rings. The van der Waals surface area contributed by atoms with Crippen LogP contribution in [0.25, 0.3) is 11.0 Å². The van der Waals surface area contributed by atoms with E-state index in [2.05, 4.69) is 15.6 Å². The first-order chi connectivity index (χ1) is 15.7. The van der Waals surface area contributed by atoms with Gasteiger partial charge in [-0.3, -0.25) is 14.5 Å². The highest BCUT2D eigenvalue weighted by atomic mass is 19.1. The van der Waals surface area contributed by atoms with Crippen LogP contribution in [0.1, 0.15) is 32.6 Å². The number of halogens is 1. The molecule has 2 aromatic carbocycles. The van der Waals surface area contributed by atoms with Crippen LogP contribution in [-0.4, -0.2) is 32.3 Å². The van der Waals surface area contributed by atoms with Crippen LogP contribution in [0.2, 0.25) is 0 Å². The molecule has 2 amide bonds. The van der Waals surface area contributed by atoms with E-state index >= 15 is 0 Å².